The minimum absolute atomic E-state index is 0.178. The Morgan fingerprint density at radius 3 is 3.06 bits per heavy atom. The number of likely N-dealkylation sites (N-methyl/N-ethyl adjacent to an activating group) is 1. The summed E-state index contributed by atoms with van der Waals surface area (Å²) in [4.78, 5) is 2.39. The molecular weight excluding hydrogens is 202 g/mol. The zero-order valence-electron chi connectivity index (χ0n) is 9.56. The molecule has 0 aromatic heterocycles. The van der Waals surface area contributed by atoms with Crippen molar-refractivity contribution in [2.75, 3.05) is 26.8 Å². The van der Waals surface area contributed by atoms with Crippen LogP contribution >= 0.6 is 0 Å². The maximum Gasteiger partial charge on any atom is 0.125 e. The number of para-hydroxylation sites is 1. The predicted octanol–water partition coefficient (Wildman–Crippen LogP) is 1.84. The van der Waals surface area contributed by atoms with Gasteiger partial charge in [-0.25, -0.2) is 0 Å². The zero-order chi connectivity index (χ0) is 11.0. The lowest BCUT2D eigenvalue weighted by Gasteiger charge is -2.38. The molecule has 1 saturated heterocycles. The van der Waals surface area contributed by atoms with E-state index in [-0.39, 0.29) is 6.10 Å². The molecule has 2 aliphatic rings. The minimum Gasteiger partial charge on any atom is -0.493 e. The normalized spacial score (nSPS) is 29.8. The quantitative estimate of drug-likeness (QED) is 0.664. The Morgan fingerprint density at radius 1 is 1.25 bits per heavy atom. The van der Waals surface area contributed by atoms with Gasteiger partial charge in [0.05, 0.1) is 13.2 Å². The van der Waals surface area contributed by atoms with Gasteiger partial charge < -0.3 is 9.47 Å². The van der Waals surface area contributed by atoms with Crippen molar-refractivity contribution in [2.45, 2.75) is 18.6 Å². The van der Waals surface area contributed by atoms with Gasteiger partial charge in [0.25, 0.3) is 0 Å². The monoisotopic (exact) mass is 219 g/mol. The van der Waals surface area contributed by atoms with Crippen molar-refractivity contribution < 1.29 is 9.47 Å². The average molecular weight is 219 g/mol. The Labute approximate surface area is 96.0 Å². The van der Waals surface area contributed by atoms with Crippen molar-refractivity contribution in [1.29, 1.82) is 0 Å². The molecule has 0 unspecified atom stereocenters. The van der Waals surface area contributed by atoms with Crippen LogP contribution < -0.4 is 4.74 Å². The summed E-state index contributed by atoms with van der Waals surface area (Å²) in [6.07, 6.45) is 1.22. The molecule has 2 aliphatic heterocycles. The van der Waals surface area contributed by atoms with E-state index in [1.807, 2.05) is 12.1 Å². The van der Waals surface area contributed by atoms with E-state index in [9.17, 15) is 0 Å². The summed E-state index contributed by atoms with van der Waals surface area (Å²) in [7, 11) is 2.17. The van der Waals surface area contributed by atoms with Crippen molar-refractivity contribution in [3.05, 3.63) is 29.8 Å². The summed E-state index contributed by atoms with van der Waals surface area (Å²) >= 11 is 0. The van der Waals surface area contributed by atoms with Gasteiger partial charge in [-0.2, -0.15) is 0 Å². The van der Waals surface area contributed by atoms with E-state index in [1.165, 1.54) is 5.56 Å². The number of fused-ring (bicyclic) bond motifs is 3. The number of morpholine rings is 1. The van der Waals surface area contributed by atoms with Gasteiger partial charge in [-0.1, -0.05) is 18.2 Å². The highest BCUT2D eigenvalue weighted by Gasteiger charge is 2.34. The number of nitrogens with zero attached hydrogens (tertiary/aromatic N) is 1. The molecule has 3 rings (SSSR count). The molecule has 2 atom stereocenters. The van der Waals surface area contributed by atoms with Crippen LogP contribution in [0.15, 0.2) is 24.3 Å². The van der Waals surface area contributed by atoms with E-state index in [0.29, 0.717) is 6.04 Å². The second kappa shape index (κ2) is 4.07. The first-order chi connectivity index (χ1) is 7.86. The van der Waals surface area contributed by atoms with Crippen LogP contribution in [0.1, 0.15) is 18.1 Å². The third-order valence-electron chi connectivity index (χ3n) is 3.55. The molecule has 2 heterocycles. The third kappa shape index (κ3) is 1.60. The highest BCUT2D eigenvalue weighted by molar-refractivity contribution is 5.37. The molecule has 0 spiro atoms. The van der Waals surface area contributed by atoms with Crippen molar-refractivity contribution in [1.82, 2.24) is 4.90 Å². The molecule has 0 radical (unpaired) electrons. The molecule has 0 aliphatic carbocycles. The smallest absolute Gasteiger partial charge is 0.125 e. The molecule has 16 heavy (non-hydrogen) atoms. The van der Waals surface area contributed by atoms with Crippen LogP contribution in [0.4, 0.5) is 0 Å². The Balaban J connectivity index is 2.00. The highest BCUT2D eigenvalue weighted by Crippen LogP contribution is 2.37. The maximum atomic E-state index is 5.94. The second-order valence-electron chi connectivity index (χ2n) is 4.51. The molecule has 0 amide bonds. The fourth-order valence-corrected chi connectivity index (χ4v) is 2.64. The summed E-state index contributed by atoms with van der Waals surface area (Å²) < 4.78 is 11.7. The fraction of sp³-hybridized carbons (Fsp3) is 0.538. The molecule has 0 N–H and O–H groups in total. The predicted molar refractivity (Wildman–Crippen MR) is 61.7 cm³/mol. The lowest BCUT2D eigenvalue weighted by Crippen LogP contribution is -2.44. The summed E-state index contributed by atoms with van der Waals surface area (Å²) in [5.74, 6) is 0.991. The molecule has 3 nitrogen and oxygen atoms in total. The molecule has 1 fully saturated rings. The van der Waals surface area contributed by atoms with E-state index in [0.717, 1.165) is 31.9 Å². The van der Waals surface area contributed by atoms with E-state index in [1.54, 1.807) is 0 Å². The summed E-state index contributed by atoms with van der Waals surface area (Å²) in [6, 6.07) is 8.69. The Morgan fingerprint density at radius 2 is 2.12 bits per heavy atom. The van der Waals surface area contributed by atoms with Crippen LogP contribution in [-0.4, -0.2) is 37.7 Å². The molecular formula is C13H17NO2. The first-order valence-electron chi connectivity index (χ1n) is 5.90. The van der Waals surface area contributed by atoms with E-state index < -0.39 is 0 Å². The van der Waals surface area contributed by atoms with Gasteiger partial charge in [-0.05, 0) is 19.5 Å². The van der Waals surface area contributed by atoms with E-state index in [4.69, 9.17) is 9.47 Å². The molecule has 86 valence electrons. The van der Waals surface area contributed by atoms with Gasteiger partial charge in [-0.15, -0.1) is 0 Å². The molecule has 3 heteroatoms. The lowest BCUT2D eigenvalue weighted by atomic mass is 9.97. The van der Waals surface area contributed by atoms with Crippen LogP contribution in [0.25, 0.3) is 0 Å². The van der Waals surface area contributed by atoms with Crippen LogP contribution in [-0.2, 0) is 4.74 Å². The third-order valence-corrected chi connectivity index (χ3v) is 3.55. The molecule has 1 aromatic carbocycles. The number of hydrogen-bond donors (Lipinski definition) is 0. The van der Waals surface area contributed by atoms with Gasteiger partial charge in [0.15, 0.2) is 0 Å². The van der Waals surface area contributed by atoms with Crippen LogP contribution in [0.3, 0.4) is 0 Å². The second-order valence-corrected chi connectivity index (χ2v) is 4.51. The number of ether oxygens (including phenoxy) is 2. The topological polar surface area (TPSA) is 21.7 Å². The summed E-state index contributed by atoms with van der Waals surface area (Å²) in [5.41, 5.74) is 1.21. The first kappa shape index (κ1) is 10.1. The van der Waals surface area contributed by atoms with Crippen LogP contribution in [0.5, 0.6) is 5.75 Å². The Bertz CT molecular complexity index is 380. The molecule has 1 aromatic rings. The van der Waals surface area contributed by atoms with Gasteiger partial charge in [-0.3, -0.25) is 4.90 Å². The molecule has 0 saturated carbocycles. The van der Waals surface area contributed by atoms with Crippen LogP contribution in [0.2, 0.25) is 0 Å². The highest BCUT2D eigenvalue weighted by atomic mass is 16.5. The SMILES string of the molecule is CN1CCO[C@H]2c3ccccc3OCC[C@@H]21. The fourth-order valence-electron chi connectivity index (χ4n) is 2.64. The zero-order valence-corrected chi connectivity index (χ0v) is 9.56. The number of rotatable bonds is 0. The van der Waals surface area contributed by atoms with Crippen molar-refractivity contribution in [2.24, 2.45) is 0 Å². The van der Waals surface area contributed by atoms with E-state index >= 15 is 0 Å². The number of benzene rings is 1. The Hall–Kier alpha value is -1.06. The van der Waals surface area contributed by atoms with Crippen LogP contribution in [0, 0.1) is 0 Å². The van der Waals surface area contributed by atoms with Gasteiger partial charge in [0, 0.05) is 18.2 Å². The van der Waals surface area contributed by atoms with Crippen molar-refractivity contribution in [3.8, 4) is 5.75 Å². The maximum absolute atomic E-state index is 5.94. The first-order valence-corrected chi connectivity index (χ1v) is 5.90. The standard InChI is InChI=1S/C13H17NO2/c1-14-7-9-16-13-10-4-2-3-5-12(10)15-8-6-11(13)14/h2-5,11,13H,6-9H2,1H3/t11-,13-/m0/s1. The largest absolute Gasteiger partial charge is 0.493 e. The van der Waals surface area contributed by atoms with Crippen molar-refractivity contribution >= 4 is 0 Å². The van der Waals surface area contributed by atoms with Gasteiger partial charge >= 0.3 is 0 Å². The van der Waals surface area contributed by atoms with Crippen molar-refractivity contribution in [3.63, 3.8) is 0 Å². The average Bonchev–Trinajstić information content (AvgIpc) is 2.50. The number of hydrogen-bond acceptors (Lipinski definition) is 3. The lowest BCUT2D eigenvalue weighted by molar-refractivity contribution is -0.0644. The molecule has 0 bridgehead atoms. The Kier molecular flexibility index (Phi) is 2.58. The summed E-state index contributed by atoms with van der Waals surface area (Å²) in [5, 5.41) is 0. The van der Waals surface area contributed by atoms with E-state index in [2.05, 4.69) is 24.1 Å². The van der Waals surface area contributed by atoms with Gasteiger partial charge in [0.1, 0.15) is 11.9 Å². The van der Waals surface area contributed by atoms with Gasteiger partial charge in [0.2, 0.25) is 0 Å². The summed E-state index contributed by atoms with van der Waals surface area (Å²) in [6.45, 7) is 2.61. The minimum atomic E-state index is 0.178.